The van der Waals surface area contributed by atoms with Gasteiger partial charge in [0.15, 0.2) is 10.7 Å². The lowest BCUT2D eigenvalue weighted by Gasteiger charge is -2.42. The number of nitriles is 1. The van der Waals surface area contributed by atoms with Crippen LogP contribution < -0.4 is 9.62 Å². The molecule has 1 amide bonds. The molecule has 5 heterocycles. The van der Waals surface area contributed by atoms with Crippen molar-refractivity contribution in [3.63, 3.8) is 0 Å². The summed E-state index contributed by atoms with van der Waals surface area (Å²) in [6.45, 7) is 4.93. The SMILES string of the molecule is CC(C)C(=O)N1C2CCC1CN(c1ncnc3c1c1ccc(S(=O)(=O)NC4(C#N)CC4)cc1n3-c1nnc(C(F)F)s1)C2. The number of hydrogen-bond donors (Lipinski definition) is 1. The molecule has 2 bridgehead atoms. The van der Waals surface area contributed by atoms with Gasteiger partial charge in [0.05, 0.1) is 21.9 Å². The first-order valence-corrected chi connectivity index (χ1v) is 16.3. The molecule has 2 aliphatic heterocycles. The zero-order chi connectivity index (χ0) is 30.3. The number of carbonyl (C=O) groups excluding carboxylic acids is 1. The van der Waals surface area contributed by atoms with Crippen LogP contribution in [0.15, 0.2) is 29.4 Å². The third-order valence-corrected chi connectivity index (χ3v) is 10.9. The van der Waals surface area contributed by atoms with Crippen LogP contribution in [0.3, 0.4) is 0 Å². The number of piperazine rings is 1. The highest BCUT2D eigenvalue weighted by molar-refractivity contribution is 7.89. The molecule has 0 spiro atoms. The first kappa shape index (κ1) is 28.0. The van der Waals surface area contributed by atoms with E-state index < -0.39 is 27.0 Å². The molecule has 7 rings (SSSR count). The molecule has 0 radical (unpaired) electrons. The predicted octanol–water partition coefficient (Wildman–Crippen LogP) is 3.53. The van der Waals surface area contributed by atoms with Gasteiger partial charge in [-0.25, -0.2) is 27.2 Å². The third kappa shape index (κ3) is 4.52. The van der Waals surface area contributed by atoms with E-state index in [1.807, 2.05) is 24.8 Å². The van der Waals surface area contributed by atoms with E-state index in [-0.39, 0.29) is 33.9 Å². The van der Waals surface area contributed by atoms with Crippen molar-refractivity contribution < 1.29 is 22.0 Å². The largest absolute Gasteiger partial charge is 0.352 e. The molecule has 4 aromatic rings. The summed E-state index contributed by atoms with van der Waals surface area (Å²) in [6.07, 6.45) is 1.17. The molecule has 16 heteroatoms. The zero-order valence-corrected chi connectivity index (χ0v) is 24.9. The third-order valence-electron chi connectivity index (χ3n) is 8.44. The quantitative estimate of drug-likeness (QED) is 0.325. The molecule has 3 aromatic heterocycles. The lowest BCUT2D eigenvalue weighted by Crippen LogP contribution is -2.57. The van der Waals surface area contributed by atoms with E-state index in [0.29, 0.717) is 65.0 Å². The van der Waals surface area contributed by atoms with Gasteiger partial charge in [-0.15, -0.1) is 10.2 Å². The minimum absolute atomic E-state index is 0.0291. The van der Waals surface area contributed by atoms with Crippen molar-refractivity contribution in [1.29, 1.82) is 5.26 Å². The van der Waals surface area contributed by atoms with E-state index in [4.69, 9.17) is 0 Å². The van der Waals surface area contributed by atoms with Gasteiger partial charge in [0.2, 0.25) is 21.1 Å². The normalized spacial score (nSPS) is 21.3. The molecular formula is C27H27F2N9O3S2. The number of nitrogens with zero attached hydrogens (tertiary/aromatic N) is 8. The Labute approximate surface area is 249 Å². The summed E-state index contributed by atoms with van der Waals surface area (Å²) in [5.74, 6) is 0.636. The Balaban J connectivity index is 1.38. The Morgan fingerprint density at radius 1 is 1.16 bits per heavy atom. The number of halogens is 2. The predicted molar refractivity (Wildman–Crippen MR) is 153 cm³/mol. The molecule has 12 nitrogen and oxygen atoms in total. The van der Waals surface area contributed by atoms with Crippen LogP contribution >= 0.6 is 11.3 Å². The number of benzene rings is 1. The second kappa shape index (κ2) is 9.86. The van der Waals surface area contributed by atoms with Gasteiger partial charge >= 0.3 is 0 Å². The maximum atomic E-state index is 13.5. The van der Waals surface area contributed by atoms with Crippen molar-refractivity contribution in [2.45, 2.75) is 68.5 Å². The molecule has 2 saturated heterocycles. The van der Waals surface area contributed by atoms with Crippen LogP contribution in [0.5, 0.6) is 0 Å². The molecule has 1 N–H and O–H groups in total. The molecule has 1 saturated carbocycles. The van der Waals surface area contributed by atoms with E-state index in [1.165, 1.54) is 23.0 Å². The van der Waals surface area contributed by atoms with Gasteiger partial charge in [-0.05, 0) is 37.8 Å². The van der Waals surface area contributed by atoms with Crippen molar-refractivity contribution in [3.05, 3.63) is 29.5 Å². The first-order chi connectivity index (χ1) is 20.5. The summed E-state index contributed by atoms with van der Waals surface area (Å²) >= 11 is 0.688. The number of hydrogen-bond acceptors (Lipinski definition) is 10. The summed E-state index contributed by atoms with van der Waals surface area (Å²) < 4.78 is 57.7. The fourth-order valence-electron chi connectivity index (χ4n) is 6.22. The zero-order valence-electron chi connectivity index (χ0n) is 23.2. The fourth-order valence-corrected chi connectivity index (χ4v) is 8.33. The Morgan fingerprint density at radius 2 is 1.88 bits per heavy atom. The van der Waals surface area contributed by atoms with Crippen molar-refractivity contribution in [2.24, 2.45) is 5.92 Å². The highest BCUT2D eigenvalue weighted by Gasteiger charge is 2.47. The van der Waals surface area contributed by atoms with Crippen LogP contribution in [0, 0.1) is 17.2 Å². The van der Waals surface area contributed by atoms with Crippen molar-refractivity contribution in [1.82, 2.24) is 34.4 Å². The van der Waals surface area contributed by atoms with Crippen LogP contribution in [0.4, 0.5) is 14.6 Å². The Hall–Kier alpha value is -3.81. The smallest absolute Gasteiger partial charge is 0.291 e. The van der Waals surface area contributed by atoms with Crippen molar-refractivity contribution >= 4 is 55.0 Å². The number of anilines is 1. The van der Waals surface area contributed by atoms with Gasteiger partial charge in [-0.3, -0.25) is 9.36 Å². The minimum Gasteiger partial charge on any atom is -0.352 e. The number of amides is 1. The topological polar surface area (TPSA) is 150 Å². The van der Waals surface area contributed by atoms with Crippen LogP contribution in [-0.2, 0) is 14.8 Å². The monoisotopic (exact) mass is 627 g/mol. The number of sulfonamides is 1. The lowest BCUT2D eigenvalue weighted by molar-refractivity contribution is -0.137. The summed E-state index contributed by atoms with van der Waals surface area (Å²) in [5, 5.41) is 17.9. The number of rotatable bonds is 7. The average Bonchev–Trinajstić information content (AvgIpc) is 3.30. The highest BCUT2D eigenvalue weighted by Crippen LogP contribution is 2.41. The molecule has 43 heavy (non-hydrogen) atoms. The Morgan fingerprint density at radius 3 is 2.49 bits per heavy atom. The van der Waals surface area contributed by atoms with E-state index in [9.17, 15) is 27.3 Å². The Kier molecular flexibility index (Phi) is 6.42. The standard InChI is InChI=1S/C27H27F2N9O3S2/c1-14(2)25(39)37-15-3-4-16(37)11-36(10-15)22-20-18-6-5-17(43(40,41)35-27(12-30)7-8-27)9-19(18)38(23(20)32-13-31-22)26-34-33-24(42-26)21(28)29/h5-6,9,13-16,21,35H,3-4,7-8,10-11H2,1-2H3. The first-order valence-electron chi connectivity index (χ1n) is 14.0. The fraction of sp³-hybridized carbons (Fsp3) is 0.481. The van der Waals surface area contributed by atoms with E-state index in [2.05, 4.69) is 29.8 Å². The van der Waals surface area contributed by atoms with Crippen molar-refractivity contribution in [2.75, 3.05) is 18.0 Å². The van der Waals surface area contributed by atoms with Gasteiger partial charge in [0.1, 0.15) is 17.7 Å². The van der Waals surface area contributed by atoms with Crippen LogP contribution in [-0.4, -0.2) is 74.7 Å². The number of aromatic nitrogens is 5. The maximum absolute atomic E-state index is 13.5. The Bertz CT molecular complexity index is 1920. The second-order valence-corrected chi connectivity index (χ2v) is 14.3. The average molecular weight is 628 g/mol. The number of nitrogens with one attached hydrogen (secondary N) is 1. The highest BCUT2D eigenvalue weighted by atomic mass is 32.2. The van der Waals surface area contributed by atoms with Crippen molar-refractivity contribution in [3.8, 4) is 11.2 Å². The van der Waals surface area contributed by atoms with E-state index >= 15 is 0 Å². The number of fused-ring (bicyclic) bond motifs is 5. The van der Waals surface area contributed by atoms with Crippen LogP contribution in [0.1, 0.15) is 51.0 Å². The van der Waals surface area contributed by atoms with Gasteiger partial charge in [0.25, 0.3) is 6.43 Å². The second-order valence-electron chi connectivity index (χ2n) is 11.6. The molecule has 2 atom stereocenters. The molecular weight excluding hydrogens is 600 g/mol. The van der Waals surface area contributed by atoms with Gasteiger partial charge < -0.3 is 9.80 Å². The summed E-state index contributed by atoms with van der Waals surface area (Å²) in [6, 6.07) is 6.61. The summed E-state index contributed by atoms with van der Waals surface area (Å²) in [4.78, 5) is 26.2. The molecule has 3 fully saturated rings. The molecule has 3 aliphatic rings. The molecule has 2 unspecified atom stereocenters. The molecule has 1 aliphatic carbocycles. The van der Waals surface area contributed by atoms with Gasteiger partial charge in [0, 0.05) is 36.5 Å². The maximum Gasteiger partial charge on any atom is 0.291 e. The molecule has 224 valence electrons. The van der Waals surface area contributed by atoms with E-state index in [1.54, 1.807) is 6.07 Å². The van der Waals surface area contributed by atoms with Gasteiger partial charge in [-0.1, -0.05) is 31.3 Å². The van der Waals surface area contributed by atoms with E-state index in [0.717, 1.165) is 12.8 Å². The summed E-state index contributed by atoms with van der Waals surface area (Å²) in [5.41, 5.74) is -0.388. The lowest BCUT2D eigenvalue weighted by atomic mass is 10.1. The van der Waals surface area contributed by atoms with Crippen LogP contribution in [0.2, 0.25) is 0 Å². The number of carbonyl (C=O) groups is 1. The van der Waals surface area contributed by atoms with Crippen LogP contribution in [0.25, 0.3) is 27.1 Å². The minimum atomic E-state index is -4.08. The summed E-state index contributed by atoms with van der Waals surface area (Å²) in [7, 11) is -4.08. The van der Waals surface area contributed by atoms with Gasteiger partial charge in [-0.2, -0.15) is 9.98 Å². The number of alkyl halides is 2. The molecule has 1 aromatic carbocycles.